The molecule has 0 spiro atoms. The number of carbonyl (C=O) groups excluding carboxylic acids is 1. The van der Waals surface area contributed by atoms with Gasteiger partial charge in [-0.05, 0) is 31.7 Å². The van der Waals surface area contributed by atoms with Crippen molar-refractivity contribution < 1.29 is 9.32 Å². The Labute approximate surface area is 206 Å². The lowest BCUT2D eigenvalue weighted by Gasteiger charge is -2.32. The molecule has 0 aromatic carbocycles. The lowest BCUT2D eigenvalue weighted by Crippen LogP contribution is -2.39. The number of pyridine rings is 1. The second-order valence-corrected chi connectivity index (χ2v) is 8.07. The smallest absolute Gasteiger partial charge is 0.220 e. The third-order valence-corrected chi connectivity index (χ3v) is 5.41. The average molecular weight is 555 g/mol. The zero-order valence-electron chi connectivity index (χ0n) is 19.0. The molecule has 0 aliphatic carbocycles. The van der Waals surface area contributed by atoms with Crippen LogP contribution in [0.1, 0.15) is 56.5 Å². The first-order chi connectivity index (χ1) is 15.0. The summed E-state index contributed by atoms with van der Waals surface area (Å²) in [5, 5.41) is 10.7. The van der Waals surface area contributed by atoms with Crippen molar-refractivity contribution in [2.24, 2.45) is 16.6 Å². The Hall–Kier alpha value is -2.37. The summed E-state index contributed by atoms with van der Waals surface area (Å²) in [6.07, 6.45) is 3.31. The molecule has 32 heavy (non-hydrogen) atoms. The highest BCUT2D eigenvalue weighted by atomic mass is 127. The number of rotatable bonds is 8. The van der Waals surface area contributed by atoms with Gasteiger partial charge in [-0.2, -0.15) is 0 Å². The molecule has 0 atom stereocenters. The lowest BCUT2D eigenvalue weighted by atomic mass is 9.96. The molecule has 1 aliphatic rings. The predicted molar refractivity (Wildman–Crippen MR) is 136 cm³/mol. The zero-order valence-corrected chi connectivity index (χ0v) is 21.3. The van der Waals surface area contributed by atoms with Gasteiger partial charge in [-0.15, -0.1) is 24.0 Å². The minimum Gasteiger partial charge on any atom is -0.369 e. The van der Waals surface area contributed by atoms with Crippen molar-refractivity contribution in [1.29, 1.82) is 0 Å². The number of aromatic nitrogens is 2. The van der Waals surface area contributed by atoms with E-state index < -0.39 is 0 Å². The maximum atomic E-state index is 11.4. The first-order valence-corrected chi connectivity index (χ1v) is 10.9. The van der Waals surface area contributed by atoms with Crippen LogP contribution in [0.4, 0.5) is 5.82 Å². The van der Waals surface area contributed by atoms with Crippen LogP contribution in [0.5, 0.6) is 0 Å². The summed E-state index contributed by atoms with van der Waals surface area (Å²) in [5.41, 5.74) is 7.45. The number of hydrogen-bond acceptors (Lipinski definition) is 6. The first-order valence-electron chi connectivity index (χ1n) is 10.9. The van der Waals surface area contributed by atoms with Crippen LogP contribution in [0.25, 0.3) is 0 Å². The van der Waals surface area contributed by atoms with Gasteiger partial charge in [0.1, 0.15) is 5.82 Å². The lowest BCUT2D eigenvalue weighted by molar-refractivity contribution is -0.122. The number of hydrogen-bond donors (Lipinski definition) is 3. The predicted octanol–water partition coefficient (Wildman–Crippen LogP) is 2.77. The van der Waals surface area contributed by atoms with E-state index in [0.717, 1.165) is 55.3 Å². The molecule has 1 amide bonds. The summed E-state index contributed by atoms with van der Waals surface area (Å²) in [7, 11) is 0. The van der Waals surface area contributed by atoms with Crippen molar-refractivity contribution in [1.82, 2.24) is 20.8 Å². The molecular weight excluding hydrogens is 521 g/mol. The quantitative estimate of drug-likeness (QED) is 0.260. The SMILES string of the molecule is CCNC(=NCc1cccnc1N1CCC(C(N)=O)CC1)NCc1cc(C(C)C)no1.I. The van der Waals surface area contributed by atoms with Crippen LogP contribution in [0.2, 0.25) is 0 Å². The molecule has 176 valence electrons. The van der Waals surface area contributed by atoms with Gasteiger partial charge in [-0.25, -0.2) is 9.98 Å². The van der Waals surface area contributed by atoms with E-state index in [2.05, 4.69) is 39.5 Å². The Bertz CT molecular complexity index is 892. The summed E-state index contributed by atoms with van der Waals surface area (Å²) in [6.45, 7) is 9.48. The fraction of sp³-hybridized carbons (Fsp3) is 0.545. The van der Waals surface area contributed by atoms with Gasteiger partial charge in [0.25, 0.3) is 0 Å². The Morgan fingerprint density at radius 2 is 2.09 bits per heavy atom. The Kier molecular flexibility index (Phi) is 10.2. The standard InChI is InChI=1S/C22H33N7O2.HI/c1-4-24-22(27-14-18-12-19(15(2)3)28-31-18)26-13-17-6-5-9-25-21(17)29-10-7-16(8-11-29)20(23)30;/h5-6,9,12,15-16H,4,7-8,10-11,13-14H2,1-3H3,(H2,23,30)(H2,24,26,27);1H. The van der Waals surface area contributed by atoms with E-state index in [1.54, 1.807) is 6.20 Å². The van der Waals surface area contributed by atoms with E-state index in [-0.39, 0.29) is 35.8 Å². The zero-order chi connectivity index (χ0) is 22.2. The van der Waals surface area contributed by atoms with Crippen LogP contribution in [0.15, 0.2) is 33.9 Å². The Balaban J connectivity index is 0.00000363. The molecule has 0 bridgehead atoms. The first kappa shape index (κ1) is 25.9. The molecule has 0 radical (unpaired) electrons. The second-order valence-electron chi connectivity index (χ2n) is 8.07. The molecule has 9 nitrogen and oxygen atoms in total. The topological polar surface area (TPSA) is 122 Å². The molecule has 0 unspecified atom stereocenters. The maximum absolute atomic E-state index is 11.4. The Morgan fingerprint density at radius 1 is 1.34 bits per heavy atom. The minimum atomic E-state index is -0.209. The molecule has 4 N–H and O–H groups in total. The highest BCUT2D eigenvalue weighted by Gasteiger charge is 2.24. The van der Waals surface area contributed by atoms with Gasteiger partial charge in [-0.1, -0.05) is 25.1 Å². The van der Waals surface area contributed by atoms with Gasteiger partial charge < -0.3 is 25.8 Å². The number of primary amides is 1. The van der Waals surface area contributed by atoms with Crippen molar-refractivity contribution in [3.63, 3.8) is 0 Å². The van der Waals surface area contributed by atoms with Gasteiger partial charge in [-0.3, -0.25) is 4.79 Å². The average Bonchev–Trinajstić information content (AvgIpc) is 3.25. The van der Waals surface area contributed by atoms with Gasteiger partial charge in [0.05, 0.1) is 18.8 Å². The molecule has 0 saturated carbocycles. The molecular formula is C22H34IN7O2. The van der Waals surface area contributed by atoms with Crippen LogP contribution in [0.3, 0.4) is 0 Å². The third-order valence-electron chi connectivity index (χ3n) is 5.41. The van der Waals surface area contributed by atoms with Crippen LogP contribution in [-0.2, 0) is 17.9 Å². The number of guanidine groups is 1. The fourth-order valence-electron chi connectivity index (χ4n) is 3.58. The van der Waals surface area contributed by atoms with Crippen molar-refractivity contribution in [3.8, 4) is 0 Å². The fourth-order valence-corrected chi connectivity index (χ4v) is 3.58. The molecule has 2 aromatic rings. The number of piperidine rings is 1. The molecule has 3 rings (SSSR count). The molecule has 1 fully saturated rings. The number of halogens is 1. The molecule has 1 aliphatic heterocycles. The third kappa shape index (κ3) is 7.07. The van der Waals surface area contributed by atoms with Crippen LogP contribution in [0, 0.1) is 5.92 Å². The summed E-state index contributed by atoms with van der Waals surface area (Å²) in [4.78, 5) is 23.0. The Morgan fingerprint density at radius 3 is 2.72 bits per heavy atom. The number of aliphatic imine (C=N–C) groups is 1. The van der Waals surface area contributed by atoms with Crippen LogP contribution >= 0.6 is 24.0 Å². The van der Waals surface area contributed by atoms with E-state index in [4.69, 9.17) is 15.2 Å². The van der Waals surface area contributed by atoms with Gasteiger partial charge in [0.15, 0.2) is 11.7 Å². The van der Waals surface area contributed by atoms with Crippen LogP contribution in [-0.4, -0.2) is 41.6 Å². The number of nitrogens with zero attached hydrogens (tertiary/aromatic N) is 4. The van der Waals surface area contributed by atoms with Crippen molar-refractivity contribution in [2.45, 2.75) is 52.6 Å². The summed E-state index contributed by atoms with van der Waals surface area (Å²) < 4.78 is 5.40. The molecule has 1 saturated heterocycles. The number of nitrogens with one attached hydrogen (secondary N) is 2. The van der Waals surface area contributed by atoms with Gasteiger partial charge >= 0.3 is 0 Å². The van der Waals surface area contributed by atoms with Gasteiger partial charge in [0.2, 0.25) is 5.91 Å². The number of carbonyl (C=O) groups is 1. The molecule has 2 aromatic heterocycles. The minimum absolute atomic E-state index is 0. The summed E-state index contributed by atoms with van der Waals surface area (Å²) in [5.74, 6) is 2.47. The van der Waals surface area contributed by atoms with E-state index in [9.17, 15) is 4.79 Å². The number of anilines is 1. The summed E-state index contributed by atoms with van der Waals surface area (Å²) in [6, 6.07) is 5.93. The van der Waals surface area contributed by atoms with Crippen molar-refractivity contribution in [2.75, 3.05) is 24.5 Å². The normalized spacial score (nSPS) is 14.9. The summed E-state index contributed by atoms with van der Waals surface area (Å²) >= 11 is 0. The van der Waals surface area contributed by atoms with E-state index >= 15 is 0 Å². The molecule has 3 heterocycles. The van der Waals surface area contributed by atoms with Crippen molar-refractivity contribution >= 4 is 41.7 Å². The van der Waals surface area contributed by atoms with Crippen LogP contribution < -0.4 is 21.3 Å². The van der Waals surface area contributed by atoms with Gasteiger partial charge in [0, 0.05) is 43.4 Å². The van der Waals surface area contributed by atoms with Crippen molar-refractivity contribution in [3.05, 3.63) is 41.4 Å². The number of nitrogens with two attached hydrogens (primary N) is 1. The van der Waals surface area contributed by atoms with E-state index in [0.29, 0.717) is 25.0 Å². The van der Waals surface area contributed by atoms with E-state index in [1.807, 2.05) is 25.1 Å². The second kappa shape index (κ2) is 12.6. The largest absolute Gasteiger partial charge is 0.369 e. The maximum Gasteiger partial charge on any atom is 0.220 e. The van der Waals surface area contributed by atoms with E-state index in [1.165, 1.54) is 0 Å². The highest BCUT2D eigenvalue weighted by molar-refractivity contribution is 14.0. The molecule has 10 heteroatoms. The monoisotopic (exact) mass is 555 g/mol. The number of amides is 1. The highest BCUT2D eigenvalue weighted by Crippen LogP contribution is 2.25.